The quantitative estimate of drug-likeness (QED) is 0.195. The predicted molar refractivity (Wildman–Crippen MR) is 197 cm³/mol. The molecule has 0 fully saturated rings. The Morgan fingerprint density at radius 3 is 2.06 bits per heavy atom. The van der Waals surface area contributed by atoms with Crippen molar-refractivity contribution in [2.24, 2.45) is 0 Å². The van der Waals surface area contributed by atoms with Gasteiger partial charge in [-0.1, -0.05) is 84.9 Å². The van der Waals surface area contributed by atoms with E-state index in [9.17, 15) is 0 Å². The van der Waals surface area contributed by atoms with Gasteiger partial charge in [0.05, 0.1) is 56.4 Å². The van der Waals surface area contributed by atoms with Gasteiger partial charge in [0, 0.05) is 34.4 Å². The Morgan fingerprint density at radius 2 is 1.16 bits per heavy atom. The van der Waals surface area contributed by atoms with Gasteiger partial charge in [-0.15, -0.1) is 0 Å². The van der Waals surface area contributed by atoms with E-state index in [-0.39, 0.29) is 0 Å². The number of fused-ring (bicyclic) bond motifs is 9. The predicted octanol–water partition coefficient (Wildman–Crippen LogP) is 9.63. The summed E-state index contributed by atoms with van der Waals surface area (Å²) in [5.41, 5.74) is 12.0. The van der Waals surface area contributed by atoms with Crippen LogP contribution in [0.4, 0.5) is 0 Å². The highest BCUT2D eigenvalue weighted by atomic mass is 15.2. The Balaban J connectivity index is 1.13. The lowest BCUT2D eigenvalue weighted by molar-refractivity contribution is 1.06. The lowest BCUT2D eigenvalue weighted by Gasteiger charge is -2.12. The summed E-state index contributed by atoms with van der Waals surface area (Å²) in [6, 6.07) is 51.5. The topological polar surface area (TPSA) is 49.4 Å². The molecule has 5 aromatic heterocycles. The molecular weight excluding hydrogens is 603 g/mol. The Labute approximate surface area is 279 Å². The molecule has 11 aromatic rings. The molecule has 6 aromatic carbocycles. The van der Waals surface area contributed by atoms with Crippen LogP contribution in [0.3, 0.4) is 0 Å². The first-order valence-corrected chi connectivity index (χ1v) is 16.4. The molecule has 0 spiro atoms. The zero-order valence-corrected chi connectivity index (χ0v) is 26.2. The molecule has 0 N–H and O–H groups in total. The summed E-state index contributed by atoms with van der Waals surface area (Å²) in [6.07, 6.45) is 6.13. The number of nitrogens with zero attached hydrogens (tertiary/aromatic N) is 7. The van der Waals surface area contributed by atoms with E-state index in [0.717, 1.165) is 73.0 Å². The van der Waals surface area contributed by atoms with Crippen molar-refractivity contribution in [3.8, 4) is 28.3 Å². The third kappa shape index (κ3) is 3.66. The van der Waals surface area contributed by atoms with Crippen LogP contribution in [0.25, 0.3) is 83.7 Å². The zero-order valence-electron chi connectivity index (χ0n) is 26.2. The fourth-order valence-electron chi connectivity index (χ4n) is 7.66. The second kappa shape index (κ2) is 9.82. The first-order valence-electron chi connectivity index (χ1n) is 16.4. The van der Waals surface area contributed by atoms with Crippen LogP contribution in [0, 0.1) is 0 Å². The molecule has 0 amide bonds. The molecule has 0 saturated carbocycles. The maximum Gasteiger partial charge on any atom is 0.220 e. The SMILES string of the molecule is c1ccc(-c2cnc3n(-c4cccc(-n5c6ccccc6c6ccc(-n7c8ccccc8n8c9ccccc9nc78)cc65)c4)ccn23)cc1. The Kier molecular flexibility index (Phi) is 5.26. The fourth-order valence-corrected chi connectivity index (χ4v) is 7.66. The van der Waals surface area contributed by atoms with Crippen LogP contribution in [0.15, 0.2) is 164 Å². The third-order valence-corrected chi connectivity index (χ3v) is 9.82. The van der Waals surface area contributed by atoms with Crippen molar-refractivity contribution in [2.45, 2.75) is 0 Å². The minimum atomic E-state index is 0.871. The standard InChI is InChI=1S/C42H27N7/c1-2-11-28(12-3-1)40-27-43-41-45(23-24-46(40)41)29-13-10-14-30(25-29)47-35-17-6-4-15-32(35)33-22-21-31(26-39(33)47)48-37-19-8-9-20-38(37)49-36-18-7-5-16-34(36)44-42(48)49/h1-27H. The number of aromatic nitrogens is 7. The Bertz CT molecular complexity index is 3060. The summed E-state index contributed by atoms with van der Waals surface area (Å²) in [4.78, 5) is 9.96. The van der Waals surface area contributed by atoms with Crippen LogP contribution < -0.4 is 0 Å². The number of hydrogen-bond donors (Lipinski definition) is 0. The van der Waals surface area contributed by atoms with Gasteiger partial charge in [-0.2, -0.15) is 0 Å². The summed E-state index contributed by atoms with van der Waals surface area (Å²) in [5.74, 6) is 1.77. The monoisotopic (exact) mass is 629 g/mol. The maximum atomic E-state index is 5.13. The molecule has 0 aliphatic carbocycles. The van der Waals surface area contributed by atoms with Gasteiger partial charge < -0.3 is 4.57 Å². The van der Waals surface area contributed by atoms with Crippen LogP contribution in [0.5, 0.6) is 0 Å². The van der Waals surface area contributed by atoms with Crippen molar-refractivity contribution in [2.75, 3.05) is 0 Å². The van der Waals surface area contributed by atoms with Gasteiger partial charge in [0.15, 0.2) is 0 Å². The molecule has 0 atom stereocenters. The Hall–Kier alpha value is -6.86. The van der Waals surface area contributed by atoms with Gasteiger partial charge >= 0.3 is 0 Å². The van der Waals surface area contributed by atoms with Crippen LogP contribution >= 0.6 is 0 Å². The number of hydrogen-bond acceptors (Lipinski definition) is 2. The molecule has 0 radical (unpaired) electrons. The van der Waals surface area contributed by atoms with Gasteiger partial charge in [0.2, 0.25) is 11.6 Å². The largest absolute Gasteiger partial charge is 0.309 e. The second-order valence-electron chi connectivity index (χ2n) is 12.5. The zero-order chi connectivity index (χ0) is 32.1. The number of imidazole rings is 4. The normalized spacial score (nSPS) is 12.1. The molecular formula is C42H27N7. The minimum absolute atomic E-state index is 0.871. The molecule has 0 bridgehead atoms. The summed E-state index contributed by atoms with van der Waals surface area (Å²) < 4.78 is 11.2. The van der Waals surface area contributed by atoms with Crippen molar-refractivity contribution in [3.05, 3.63) is 164 Å². The van der Waals surface area contributed by atoms with Crippen LogP contribution in [0.1, 0.15) is 0 Å². The smallest absolute Gasteiger partial charge is 0.220 e. The molecule has 230 valence electrons. The first-order chi connectivity index (χ1) is 24.3. The van der Waals surface area contributed by atoms with Gasteiger partial charge in [-0.25, -0.2) is 9.97 Å². The van der Waals surface area contributed by atoms with Crippen molar-refractivity contribution < 1.29 is 0 Å². The summed E-state index contributed by atoms with van der Waals surface area (Å²) in [5, 5.41) is 2.42. The van der Waals surface area contributed by atoms with E-state index < -0.39 is 0 Å². The fraction of sp³-hybridized carbons (Fsp3) is 0. The van der Waals surface area contributed by atoms with E-state index in [1.54, 1.807) is 0 Å². The van der Waals surface area contributed by atoms with Crippen LogP contribution in [-0.4, -0.2) is 32.5 Å². The molecule has 0 unspecified atom stereocenters. The number of rotatable bonds is 4. The van der Waals surface area contributed by atoms with Gasteiger partial charge in [0.25, 0.3) is 0 Å². The van der Waals surface area contributed by atoms with E-state index >= 15 is 0 Å². The molecule has 11 rings (SSSR count). The average molecular weight is 630 g/mol. The summed E-state index contributed by atoms with van der Waals surface area (Å²) in [6.45, 7) is 0. The summed E-state index contributed by atoms with van der Waals surface area (Å²) >= 11 is 0. The molecule has 5 heterocycles. The molecule has 0 saturated heterocycles. The van der Waals surface area contributed by atoms with Crippen molar-refractivity contribution in [3.63, 3.8) is 0 Å². The first kappa shape index (κ1) is 26.2. The van der Waals surface area contributed by atoms with Gasteiger partial charge in [0.1, 0.15) is 0 Å². The molecule has 0 aliphatic heterocycles. The minimum Gasteiger partial charge on any atom is -0.309 e. The molecule has 7 nitrogen and oxygen atoms in total. The lowest BCUT2D eigenvalue weighted by atomic mass is 10.1. The van der Waals surface area contributed by atoms with E-state index in [1.165, 1.54) is 10.8 Å². The molecule has 49 heavy (non-hydrogen) atoms. The lowest BCUT2D eigenvalue weighted by Crippen LogP contribution is -1.99. The number of para-hydroxylation sites is 5. The summed E-state index contributed by atoms with van der Waals surface area (Å²) in [7, 11) is 0. The number of benzene rings is 6. The van der Waals surface area contributed by atoms with Crippen LogP contribution in [-0.2, 0) is 0 Å². The highest BCUT2D eigenvalue weighted by molar-refractivity contribution is 6.10. The van der Waals surface area contributed by atoms with Crippen LogP contribution in [0.2, 0.25) is 0 Å². The van der Waals surface area contributed by atoms with Crippen molar-refractivity contribution in [1.29, 1.82) is 0 Å². The highest BCUT2D eigenvalue weighted by Gasteiger charge is 2.19. The van der Waals surface area contributed by atoms with E-state index in [0.29, 0.717) is 0 Å². The highest BCUT2D eigenvalue weighted by Crippen LogP contribution is 2.36. The third-order valence-electron chi connectivity index (χ3n) is 9.82. The van der Waals surface area contributed by atoms with E-state index in [4.69, 9.17) is 9.97 Å². The average Bonchev–Trinajstić information content (AvgIpc) is 3.96. The van der Waals surface area contributed by atoms with Crippen molar-refractivity contribution in [1.82, 2.24) is 32.5 Å². The molecule has 0 aliphatic rings. The van der Waals surface area contributed by atoms with Gasteiger partial charge in [-0.05, 0) is 60.7 Å². The molecule has 7 heteroatoms. The second-order valence-corrected chi connectivity index (χ2v) is 12.5. The van der Waals surface area contributed by atoms with E-state index in [1.807, 2.05) is 18.3 Å². The maximum absolute atomic E-state index is 5.13. The van der Waals surface area contributed by atoms with Crippen molar-refractivity contribution >= 4 is 55.4 Å². The van der Waals surface area contributed by atoms with Gasteiger partial charge in [-0.3, -0.25) is 17.9 Å². The van der Waals surface area contributed by atoms with E-state index in [2.05, 4.69) is 168 Å². The Morgan fingerprint density at radius 1 is 0.449 bits per heavy atom.